The number of ketones is 1. The Morgan fingerprint density at radius 3 is 2.12 bits per heavy atom. The molecule has 3 nitrogen and oxygen atoms in total. The van der Waals surface area contributed by atoms with Gasteiger partial charge in [-0.2, -0.15) is 13.2 Å². The second-order valence-corrected chi connectivity index (χ2v) is 15.7. The molecule has 5 rings (SSSR count). The second kappa shape index (κ2) is 15.2. The predicted octanol–water partition coefficient (Wildman–Crippen LogP) is 12.2. The van der Waals surface area contributed by atoms with Crippen LogP contribution >= 0.6 is 11.3 Å². The topological polar surface area (TPSA) is 50.2 Å². The number of halogens is 3. The molecule has 3 aromatic carbocycles. The van der Waals surface area contributed by atoms with Crippen LogP contribution < -0.4 is 0 Å². The molecule has 0 aliphatic carbocycles. The molecule has 2 aromatic heterocycles. The predicted molar refractivity (Wildman–Crippen MR) is 191 cm³/mol. The minimum atomic E-state index is -4.61. The van der Waals surface area contributed by atoms with Crippen LogP contribution in [0.5, 0.6) is 0 Å². The summed E-state index contributed by atoms with van der Waals surface area (Å²) in [5, 5.41) is 14.4. The van der Waals surface area contributed by atoms with Crippen LogP contribution in [-0.2, 0) is 36.7 Å². The van der Waals surface area contributed by atoms with Crippen LogP contribution in [0.2, 0.25) is 0 Å². The molecule has 0 aliphatic heterocycles. The summed E-state index contributed by atoms with van der Waals surface area (Å²) in [5.41, 5.74) is 2.51. The number of benzene rings is 3. The van der Waals surface area contributed by atoms with Gasteiger partial charge in [0.05, 0.1) is 5.76 Å². The molecule has 0 bridgehead atoms. The number of hydrogen-bond donors (Lipinski definition) is 1. The Labute approximate surface area is 300 Å². The molecule has 0 spiro atoms. The van der Waals surface area contributed by atoms with Crippen molar-refractivity contribution in [2.75, 3.05) is 0 Å². The van der Waals surface area contributed by atoms with E-state index in [0.717, 1.165) is 36.9 Å². The van der Waals surface area contributed by atoms with Crippen molar-refractivity contribution in [3.63, 3.8) is 0 Å². The molecular formula is C40H45F3IrNO2S-. The van der Waals surface area contributed by atoms with Gasteiger partial charge in [0, 0.05) is 59.3 Å². The van der Waals surface area contributed by atoms with Crippen molar-refractivity contribution in [2.45, 2.75) is 86.7 Å². The standard InChI is InChI=1S/C29H28NS.C11H17F3O2.Ir/c1-18(2)15-20-10-8-12-23-24-13-14-30-26(28(24)31-27(20)23)21-16-19-9-6-7-11-22(19)25(17-21)29(3,4)5;1-7(2)5-8(15)6-9(16)10(3,4)11(12,13)14;/h6-14,17-18H,15H2,1-5H3;6-7,15H,5H2,1-4H3;/q-1;;/b;8-6-;. The van der Waals surface area contributed by atoms with Crippen molar-refractivity contribution in [1.82, 2.24) is 4.98 Å². The number of carbonyl (C=O) groups is 1. The van der Waals surface area contributed by atoms with Crippen molar-refractivity contribution in [1.29, 1.82) is 0 Å². The summed E-state index contributed by atoms with van der Waals surface area (Å²) in [6.07, 6.45) is -0.687. The molecule has 2 heterocycles. The average molecular weight is 853 g/mol. The van der Waals surface area contributed by atoms with E-state index in [4.69, 9.17) is 4.98 Å². The molecular weight excluding hydrogens is 808 g/mol. The van der Waals surface area contributed by atoms with Crippen LogP contribution in [0.3, 0.4) is 0 Å². The number of allylic oxidation sites excluding steroid dienone is 2. The smallest absolute Gasteiger partial charge is 0.401 e. The van der Waals surface area contributed by atoms with Crippen molar-refractivity contribution < 1.29 is 43.2 Å². The summed E-state index contributed by atoms with van der Waals surface area (Å²) < 4.78 is 40.1. The van der Waals surface area contributed by atoms with Crippen LogP contribution in [0, 0.1) is 23.3 Å². The zero-order valence-corrected chi connectivity index (χ0v) is 32.3. The molecule has 0 fully saturated rings. The van der Waals surface area contributed by atoms with Crippen molar-refractivity contribution in [2.24, 2.45) is 17.3 Å². The first-order valence-corrected chi connectivity index (χ1v) is 16.9. The van der Waals surface area contributed by atoms with E-state index in [9.17, 15) is 23.1 Å². The van der Waals surface area contributed by atoms with Gasteiger partial charge in [0.2, 0.25) is 0 Å². The molecule has 0 saturated heterocycles. The van der Waals surface area contributed by atoms with E-state index in [-0.39, 0.29) is 43.6 Å². The number of nitrogens with zero attached hydrogens (tertiary/aromatic N) is 1. The Kier molecular flexibility index (Phi) is 12.5. The normalized spacial score (nSPS) is 12.8. The van der Waals surface area contributed by atoms with E-state index in [1.165, 1.54) is 36.7 Å². The third-order valence-corrected chi connectivity index (χ3v) is 9.51. The van der Waals surface area contributed by atoms with Crippen molar-refractivity contribution >= 4 is 48.1 Å². The largest absolute Gasteiger partial charge is 0.512 e. The van der Waals surface area contributed by atoms with Gasteiger partial charge >= 0.3 is 6.18 Å². The van der Waals surface area contributed by atoms with Gasteiger partial charge in [-0.25, -0.2) is 0 Å². The van der Waals surface area contributed by atoms with Gasteiger partial charge in [-0.05, 0) is 54.5 Å². The van der Waals surface area contributed by atoms with E-state index in [0.29, 0.717) is 12.0 Å². The number of carbonyl (C=O) groups excluding carboxylic acids is 1. The number of aliphatic hydroxyl groups is 1. The first kappa shape index (κ1) is 39.4. The van der Waals surface area contributed by atoms with Crippen LogP contribution in [0.25, 0.3) is 42.2 Å². The molecule has 0 saturated carbocycles. The minimum Gasteiger partial charge on any atom is -0.512 e. The first-order valence-electron chi connectivity index (χ1n) is 16.1. The van der Waals surface area contributed by atoms with E-state index in [2.05, 4.69) is 95.3 Å². The quantitative estimate of drug-likeness (QED) is 0.101. The van der Waals surface area contributed by atoms with Gasteiger partial charge in [0.15, 0.2) is 5.78 Å². The molecule has 1 N–H and O–H groups in total. The van der Waals surface area contributed by atoms with E-state index < -0.39 is 17.4 Å². The SMILES string of the molecule is CC(C)C/C(O)=C/C(=O)C(C)(C)C(F)(F)F.CC(C)Cc1cccc2c1sc1c(-c3[c-]c4ccccc4c(C(C)(C)C)c3)nccc12.[Ir]. The van der Waals surface area contributed by atoms with Gasteiger partial charge in [0.1, 0.15) is 5.41 Å². The number of aliphatic hydroxyl groups excluding tert-OH is 1. The van der Waals surface area contributed by atoms with Crippen LogP contribution in [0.15, 0.2) is 72.6 Å². The number of hydrogen-bond acceptors (Lipinski definition) is 4. The number of aromatic nitrogens is 1. The number of fused-ring (bicyclic) bond motifs is 4. The number of pyridine rings is 1. The van der Waals surface area contributed by atoms with E-state index in [1.807, 2.05) is 17.5 Å². The molecule has 0 unspecified atom stereocenters. The second-order valence-electron chi connectivity index (χ2n) is 14.6. The summed E-state index contributed by atoms with van der Waals surface area (Å²) in [7, 11) is 0. The van der Waals surface area contributed by atoms with Gasteiger partial charge < -0.3 is 5.11 Å². The fraction of sp³-hybridized carbons (Fsp3) is 0.400. The van der Waals surface area contributed by atoms with Gasteiger partial charge in [0.25, 0.3) is 0 Å². The summed E-state index contributed by atoms with van der Waals surface area (Å²) in [6.45, 7) is 16.6. The third-order valence-electron chi connectivity index (χ3n) is 8.20. The first-order chi connectivity index (χ1) is 21.8. The van der Waals surface area contributed by atoms with Crippen LogP contribution in [0.1, 0.15) is 79.9 Å². The molecule has 0 amide bonds. The monoisotopic (exact) mass is 853 g/mol. The fourth-order valence-electron chi connectivity index (χ4n) is 5.50. The maximum atomic E-state index is 12.5. The van der Waals surface area contributed by atoms with Crippen LogP contribution in [-0.4, -0.2) is 22.1 Å². The maximum Gasteiger partial charge on any atom is 0.401 e. The molecule has 48 heavy (non-hydrogen) atoms. The number of rotatable bonds is 7. The number of thiophene rings is 1. The van der Waals surface area contributed by atoms with Crippen molar-refractivity contribution in [3.05, 3.63) is 89.8 Å². The Morgan fingerprint density at radius 1 is 0.896 bits per heavy atom. The Morgan fingerprint density at radius 2 is 1.52 bits per heavy atom. The Balaban J connectivity index is 0.000000316. The van der Waals surface area contributed by atoms with E-state index >= 15 is 0 Å². The summed E-state index contributed by atoms with van der Waals surface area (Å²) >= 11 is 1.89. The van der Waals surface area contributed by atoms with Gasteiger partial charge in [-0.3, -0.25) is 9.78 Å². The van der Waals surface area contributed by atoms with Gasteiger partial charge in [-0.1, -0.05) is 95.8 Å². The molecule has 5 aromatic rings. The average Bonchev–Trinajstić information content (AvgIpc) is 3.35. The van der Waals surface area contributed by atoms with Gasteiger partial charge in [-0.15, -0.1) is 40.5 Å². The van der Waals surface area contributed by atoms with Crippen molar-refractivity contribution in [3.8, 4) is 11.3 Å². The fourth-order valence-corrected chi connectivity index (χ4v) is 6.82. The number of alkyl halides is 3. The van der Waals surface area contributed by atoms with E-state index in [1.54, 1.807) is 13.8 Å². The van der Waals surface area contributed by atoms with Crippen LogP contribution in [0.4, 0.5) is 13.2 Å². The third kappa shape index (κ3) is 8.74. The molecule has 0 aliphatic rings. The molecule has 259 valence electrons. The molecule has 1 radical (unpaired) electrons. The maximum absolute atomic E-state index is 12.5. The summed E-state index contributed by atoms with van der Waals surface area (Å²) in [4.78, 5) is 16.2. The minimum absolute atomic E-state index is 0. The Bertz CT molecular complexity index is 1930. The molecule has 8 heteroatoms. The summed E-state index contributed by atoms with van der Waals surface area (Å²) in [5.74, 6) is -0.718. The molecule has 0 atom stereocenters. The zero-order chi connectivity index (χ0) is 34.9. The zero-order valence-electron chi connectivity index (χ0n) is 29.1. The Hall–Kier alpha value is -3.06. The summed E-state index contributed by atoms with van der Waals surface area (Å²) in [6, 6.07) is 23.5.